The maximum Gasteiger partial charge on any atom is -0.00137 e. The van der Waals surface area contributed by atoms with E-state index in [9.17, 15) is 0 Å². The first-order valence-corrected chi connectivity index (χ1v) is 18.8. The van der Waals surface area contributed by atoms with Gasteiger partial charge in [0, 0.05) is 0 Å². The third-order valence-corrected chi connectivity index (χ3v) is 11.9. The molecule has 248 valence electrons. The zero-order chi connectivity index (χ0) is 35.3. The molecule has 0 heteroatoms. The van der Waals surface area contributed by atoms with Gasteiger partial charge in [-0.1, -0.05) is 164 Å². The quantitative estimate of drug-likeness (QED) is 0.128. The van der Waals surface area contributed by atoms with Crippen LogP contribution in [0.5, 0.6) is 0 Å². The van der Waals surface area contributed by atoms with Gasteiger partial charge in [-0.3, -0.25) is 0 Å². The summed E-state index contributed by atoms with van der Waals surface area (Å²) in [4.78, 5) is 0. The van der Waals surface area contributed by atoms with Gasteiger partial charge in [-0.15, -0.1) is 0 Å². The highest BCUT2D eigenvalue weighted by atomic mass is 14.3. The minimum atomic E-state index is 1.23. The van der Waals surface area contributed by atoms with Gasteiger partial charge in [-0.25, -0.2) is 0 Å². The molecule has 0 amide bonds. The number of rotatable bonds is 4. The normalized spacial score (nSPS) is 12.1. The van der Waals surface area contributed by atoms with E-state index < -0.39 is 0 Å². The molecule has 0 aromatic heterocycles. The van der Waals surface area contributed by atoms with E-state index >= 15 is 0 Å². The number of benzene rings is 11. The molecule has 54 heavy (non-hydrogen) atoms. The standard InChI is InChI=1S/C54H32/c1-5-14-33(15-6-1)37-24-26-42-46(28-37)51(36-20-11-4-12-21-36)49-31-44-41-27-25-39-29-43(34-16-7-2-8-17-34)40-23-13-22-38-30-47(54(41)53(39)52(38)40)45(44)32-48(49)50(42)35-18-9-3-10-19-35/h1-32H. The van der Waals surface area contributed by atoms with Crippen LogP contribution in [0.3, 0.4) is 0 Å². The Morgan fingerprint density at radius 1 is 0.204 bits per heavy atom. The molecule has 12 rings (SSSR count). The fraction of sp³-hybridized carbons (Fsp3) is 0. The molecule has 1 aliphatic carbocycles. The molecule has 0 unspecified atom stereocenters. The highest BCUT2D eigenvalue weighted by molar-refractivity contribution is 6.35. The van der Waals surface area contributed by atoms with Crippen molar-refractivity contribution in [1.82, 2.24) is 0 Å². The van der Waals surface area contributed by atoms with Crippen molar-refractivity contribution < 1.29 is 0 Å². The van der Waals surface area contributed by atoms with Gasteiger partial charge in [0.1, 0.15) is 0 Å². The SMILES string of the molecule is c1ccc(-c2ccc3c(-c4ccccc4)c4cc5c(cc4c(-c4ccccc4)c3c2)-c2ccc3cc(-c4ccccc4)c4cccc6cc-5c2c3c64)cc1. The molecule has 1 aliphatic rings. The highest BCUT2D eigenvalue weighted by Crippen LogP contribution is 2.56. The number of hydrogen-bond donors (Lipinski definition) is 0. The molecule has 0 atom stereocenters. The first kappa shape index (κ1) is 29.5. The Hall–Kier alpha value is -7.02. The van der Waals surface area contributed by atoms with E-state index in [0.717, 1.165) is 0 Å². The van der Waals surface area contributed by atoms with Crippen molar-refractivity contribution in [2.24, 2.45) is 0 Å². The zero-order valence-electron chi connectivity index (χ0n) is 29.5. The van der Waals surface area contributed by atoms with Crippen LogP contribution in [0.4, 0.5) is 0 Å². The smallest absolute Gasteiger partial charge is 0.00137 e. The Kier molecular flexibility index (Phi) is 6.15. The van der Waals surface area contributed by atoms with Crippen LogP contribution in [-0.2, 0) is 0 Å². The van der Waals surface area contributed by atoms with Crippen molar-refractivity contribution >= 4 is 53.9 Å². The van der Waals surface area contributed by atoms with Crippen LogP contribution in [0.2, 0.25) is 0 Å². The first-order valence-electron chi connectivity index (χ1n) is 18.8. The van der Waals surface area contributed by atoms with Crippen LogP contribution >= 0.6 is 0 Å². The van der Waals surface area contributed by atoms with Gasteiger partial charge in [0.25, 0.3) is 0 Å². The summed E-state index contributed by atoms with van der Waals surface area (Å²) in [7, 11) is 0. The van der Waals surface area contributed by atoms with Crippen LogP contribution in [0.15, 0.2) is 194 Å². The third kappa shape index (κ3) is 4.14. The van der Waals surface area contributed by atoms with Crippen LogP contribution in [0.1, 0.15) is 0 Å². The predicted molar refractivity (Wildman–Crippen MR) is 231 cm³/mol. The fourth-order valence-corrected chi connectivity index (χ4v) is 9.60. The highest BCUT2D eigenvalue weighted by Gasteiger charge is 2.28. The minimum absolute atomic E-state index is 1.23. The largest absolute Gasteiger partial charge is 0.0622 e. The average molecular weight is 681 g/mol. The Bertz CT molecular complexity index is 3270. The average Bonchev–Trinajstić information content (AvgIpc) is 3.55. The maximum absolute atomic E-state index is 2.52. The predicted octanol–water partition coefficient (Wildman–Crippen LogP) is 15.2. The van der Waals surface area contributed by atoms with Crippen molar-refractivity contribution in [3.8, 4) is 66.8 Å². The van der Waals surface area contributed by atoms with E-state index in [1.807, 2.05) is 0 Å². The number of fused-ring (bicyclic) bond motifs is 5. The van der Waals surface area contributed by atoms with Crippen LogP contribution in [-0.4, -0.2) is 0 Å². The summed E-state index contributed by atoms with van der Waals surface area (Å²) in [5.41, 5.74) is 15.3. The summed E-state index contributed by atoms with van der Waals surface area (Å²) >= 11 is 0. The summed E-state index contributed by atoms with van der Waals surface area (Å²) in [6.45, 7) is 0. The lowest BCUT2D eigenvalue weighted by Crippen LogP contribution is -1.93. The molecule has 0 N–H and O–H groups in total. The molecule has 11 aromatic carbocycles. The monoisotopic (exact) mass is 680 g/mol. The van der Waals surface area contributed by atoms with Crippen LogP contribution < -0.4 is 0 Å². The molecule has 0 heterocycles. The van der Waals surface area contributed by atoms with Gasteiger partial charge in [0.05, 0.1) is 0 Å². The lowest BCUT2D eigenvalue weighted by molar-refractivity contribution is 1.63. The summed E-state index contributed by atoms with van der Waals surface area (Å²) in [6.07, 6.45) is 0. The van der Waals surface area contributed by atoms with Crippen LogP contribution in [0.25, 0.3) is 121 Å². The Morgan fingerprint density at radius 2 is 0.741 bits per heavy atom. The molecule has 0 bridgehead atoms. The summed E-state index contributed by atoms with van der Waals surface area (Å²) in [5, 5.41) is 13.1. The molecule has 0 spiro atoms. The van der Waals surface area contributed by atoms with E-state index in [1.165, 1.54) is 121 Å². The molecular weight excluding hydrogens is 649 g/mol. The van der Waals surface area contributed by atoms with Crippen molar-refractivity contribution in [2.75, 3.05) is 0 Å². The molecule has 0 fully saturated rings. The summed E-state index contributed by atoms with van der Waals surface area (Å²) in [6, 6.07) is 72.2. The van der Waals surface area contributed by atoms with Gasteiger partial charge in [0.15, 0.2) is 0 Å². The lowest BCUT2D eigenvalue weighted by atomic mass is 9.83. The first-order chi connectivity index (χ1) is 26.8. The molecule has 0 aliphatic heterocycles. The summed E-state index contributed by atoms with van der Waals surface area (Å²) < 4.78 is 0. The van der Waals surface area contributed by atoms with E-state index in [2.05, 4.69) is 194 Å². The molecule has 0 nitrogen and oxygen atoms in total. The molecule has 0 saturated carbocycles. The second kappa shape index (κ2) is 11.2. The van der Waals surface area contributed by atoms with Crippen molar-refractivity contribution in [2.45, 2.75) is 0 Å². The van der Waals surface area contributed by atoms with Crippen molar-refractivity contribution in [3.05, 3.63) is 194 Å². The Balaban J connectivity index is 1.23. The van der Waals surface area contributed by atoms with Gasteiger partial charge in [-0.2, -0.15) is 0 Å². The molecule has 0 saturated heterocycles. The fourth-order valence-electron chi connectivity index (χ4n) is 9.60. The lowest BCUT2D eigenvalue weighted by Gasteiger charge is -2.20. The Morgan fingerprint density at radius 3 is 1.41 bits per heavy atom. The van der Waals surface area contributed by atoms with Crippen molar-refractivity contribution in [1.29, 1.82) is 0 Å². The minimum Gasteiger partial charge on any atom is -0.0622 e. The maximum atomic E-state index is 2.52. The van der Waals surface area contributed by atoms with E-state index in [4.69, 9.17) is 0 Å². The van der Waals surface area contributed by atoms with Gasteiger partial charge >= 0.3 is 0 Å². The van der Waals surface area contributed by atoms with Gasteiger partial charge in [-0.05, 0) is 151 Å². The van der Waals surface area contributed by atoms with Gasteiger partial charge < -0.3 is 0 Å². The summed E-state index contributed by atoms with van der Waals surface area (Å²) in [5.74, 6) is 0. The molecule has 11 aromatic rings. The second-order valence-electron chi connectivity index (χ2n) is 14.8. The third-order valence-electron chi connectivity index (χ3n) is 11.9. The van der Waals surface area contributed by atoms with Crippen LogP contribution in [0, 0.1) is 0 Å². The second-order valence-corrected chi connectivity index (χ2v) is 14.8. The number of hydrogen-bond acceptors (Lipinski definition) is 0. The molecular formula is C54H32. The van der Waals surface area contributed by atoms with E-state index in [1.54, 1.807) is 0 Å². The topological polar surface area (TPSA) is 0 Å². The zero-order valence-corrected chi connectivity index (χ0v) is 29.5. The van der Waals surface area contributed by atoms with Gasteiger partial charge in [0.2, 0.25) is 0 Å². The van der Waals surface area contributed by atoms with E-state index in [0.29, 0.717) is 0 Å². The van der Waals surface area contributed by atoms with E-state index in [-0.39, 0.29) is 0 Å². The van der Waals surface area contributed by atoms with Crippen molar-refractivity contribution in [3.63, 3.8) is 0 Å². The Labute approximate surface area is 313 Å². The molecule has 0 radical (unpaired) electrons.